The summed E-state index contributed by atoms with van der Waals surface area (Å²) in [5.74, 6) is -0.703. The zero-order valence-corrected chi connectivity index (χ0v) is 8.53. The molecule has 15 heavy (non-hydrogen) atoms. The Kier molecular flexibility index (Phi) is 4.11. The first-order valence-electron chi connectivity index (χ1n) is 4.82. The van der Waals surface area contributed by atoms with Crippen LogP contribution in [0.2, 0.25) is 0 Å². The van der Waals surface area contributed by atoms with Crippen LogP contribution in [0, 0.1) is 5.41 Å². The van der Waals surface area contributed by atoms with E-state index in [2.05, 4.69) is 11.9 Å². The molecule has 6 heteroatoms. The van der Waals surface area contributed by atoms with Gasteiger partial charge in [0.15, 0.2) is 0 Å². The largest absolute Gasteiger partial charge is 0.368 e. The molecule has 0 amide bonds. The SMILES string of the molecule is C=CCN(OC(=O)[C@@H]1CCCN1)C(=N)N. The quantitative estimate of drug-likeness (QED) is 0.256. The molecule has 1 atom stereocenters. The summed E-state index contributed by atoms with van der Waals surface area (Å²) < 4.78 is 0. The van der Waals surface area contributed by atoms with E-state index in [9.17, 15) is 4.79 Å². The van der Waals surface area contributed by atoms with Gasteiger partial charge in [0.2, 0.25) is 5.96 Å². The Hall–Kier alpha value is -1.56. The summed E-state index contributed by atoms with van der Waals surface area (Å²) in [6, 6.07) is -0.281. The molecule has 0 unspecified atom stereocenters. The first kappa shape index (κ1) is 11.5. The molecule has 1 aliphatic heterocycles. The molecule has 0 aromatic rings. The van der Waals surface area contributed by atoms with Gasteiger partial charge in [-0.25, -0.2) is 4.79 Å². The molecule has 1 rings (SSSR count). The van der Waals surface area contributed by atoms with E-state index in [1.807, 2.05) is 0 Å². The maximum Gasteiger partial charge on any atom is 0.349 e. The zero-order valence-electron chi connectivity index (χ0n) is 8.53. The molecule has 1 saturated heterocycles. The normalized spacial score (nSPS) is 19.6. The van der Waals surface area contributed by atoms with Crippen LogP contribution in [0.4, 0.5) is 0 Å². The van der Waals surface area contributed by atoms with E-state index >= 15 is 0 Å². The van der Waals surface area contributed by atoms with Crippen molar-refractivity contribution in [2.75, 3.05) is 13.1 Å². The number of hydrogen-bond acceptors (Lipinski definition) is 4. The summed E-state index contributed by atoms with van der Waals surface area (Å²) in [6.07, 6.45) is 3.23. The molecule has 4 N–H and O–H groups in total. The Morgan fingerprint density at radius 2 is 2.53 bits per heavy atom. The number of guanidine groups is 1. The maximum atomic E-state index is 11.5. The number of rotatable bonds is 3. The molecule has 0 aromatic carbocycles. The van der Waals surface area contributed by atoms with Crippen molar-refractivity contribution >= 4 is 11.9 Å². The van der Waals surface area contributed by atoms with Crippen LogP contribution in [0.25, 0.3) is 0 Å². The number of nitrogens with one attached hydrogen (secondary N) is 2. The molecular formula is C9H16N4O2. The minimum atomic E-state index is -0.399. The minimum Gasteiger partial charge on any atom is -0.368 e. The third-order valence-electron chi connectivity index (χ3n) is 2.11. The number of carbonyl (C=O) groups excluding carboxylic acids is 1. The van der Waals surface area contributed by atoms with Crippen LogP contribution >= 0.6 is 0 Å². The van der Waals surface area contributed by atoms with Crippen LogP contribution in [0.1, 0.15) is 12.8 Å². The molecule has 1 fully saturated rings. The van der Waals surface area contributed by atoms with Gasteiger partial charge in [-0.05, 0) is 19.4 Å². The zero-order chi connectivity index (χ0) is 11.3. The summed E-state index contributed by atoms with van der Waals surface area (Å²) >= 11 is 0. The summed E-state index contributed by atoms with van der Waals surface area (Å²) in [7, 11) is 0. The van der Waals surface area contributed by atoms with Crippen LogP contribution in [-0.4, -0.2) is 36.1 Å². The molecule has 84 valence electrons. The van der Waals surface area contributed by atoms with Gasteiger partial charge < -0.3 is 15.9 Å². The van der Waals surface area contributed by atoms with Gasteiger partial charge in [-0.1, -0.05) is 6.08 Å². The van der Waals surface area contributed by atoms with Crippen molar-refractivity contribution in [1.29, 1.82) is 5.41 Å². The minimum absolute atomic E-state index is 0.216. The standard InChI is InChI=1S/C9H16N4O2/c1-2-6-13(9(10)11)15-8(14)7-4-3-5-12-7/h2,7,12H,1,3-6H2,(H3,10,11)/t7-/m0/s1. The number of nitrogens with two attached hydrogens (primary N) is 1. The fraction of sp³-hybridized carbons (Fsp3) is 0.556. The highest BCUT2D eigenvalue weighted by atomic mass is 16.7. The molecule has 0 spiro atoms. The molecule has 6 nitrogen and oxygen atoms in total. The van der Waals surface area contributed by atoms with E-state index in [0.717, 1.165) is 24.4 Å². The first-order valence-corrected chi connectivity index (χ1v) is 4.82. The summed E-state index contributed by atoms with van der Waals surface area (Å²) in [4.78, 5) is 16.5. The van der Waals surface area contributed by atoms with Crippen molar-refractivity contribution in [2.45, 2.75) is 18.9 Å². The predicted octanol–water partition coefficient (Wildman–Crippen LogP) is -0.422. The van der Waals surface area contributed by atoms with E-state index < -0.39 is 5.97 Å². The van der Waals surface area contributed by atoms with Crippen molar-refractivity contribution in [3.8, 4) is 0 Å². The lowest BCUT2D eigenvalue weighted by Crippen LogP contribution is -2.43. The molecule has 0 radical (unpaired) electrons. The van der Waals surface area contributed by atoms with Crippen LogP contribution in [-0.2, 0) is 9.63 Å². The fourth-order valence-electron chi connectivity index (χ4n) is 1.36. The summed E-state index contributed by atoms with van der Waals surface area (Å²) in [5, 5.41) is 11.2. The highest BCUT2D eigenvalue weighted by Gasteiger charge is 2.25. The summed E-state index contributed by atoms with van der Waals surface area (Å²) in [5.41, 5.74) is 5.23. The van der Waals surface area contributed by atoms with Gasteiger partial charge in [0.25, 0.3) is 0 Å². The average Bonchev–Trinajstić information content (AvgIpc) is 2.69. The van der Waals surface area contributed by atoms with E-state index in [4.69, 9.17) is 16.0 Å². The lowest BCUT2D eigenvalue weighted by atomic mass is 10.2. The fourth-order valence-corrected chi connectivity index (χ4v) is 1.36. The van der Waals surface area contributed by atoms with Gasteiger partial charge in [0, 0.05) is 0 Å². The Labute approximate surface area is 88.5 Å². The first-order chi connectivity index (χ1) is 7.15. The van der Waals surface area contributed by atoms with Gasteiger partial charge in [-0.3, -0.25) is 5.41 Å². The number of hydroxylamine groups is 2. The Morgan fingerprint density at radius 1 is 1.80 bits per heavy atom. The lowest BCUT2D eigenvalue weighted by molar-refractivity contribution is -0.174. The van der Waals surface area contributed by atoms with Crippen molar-refractivity contribution in [1.82, 2.24) is 10.4 Å². The van der Waals surface area contributed by atoms with Crippen LogP contribution in [0.5, 0.6) is 0 Å². The van der Waals surface area contributed by atoms with Gasteiger partial charge in [0.1, 0.15) is 6.04 Å². The maximum absolute atomic E-state index is 11.5. The second-order valence-corrected chi connectivity index (χ2v) is 3.29. The van der Waals surface area contributed by atoms with E-state index in [-0.39, 0.29) is 18.5 Å². The molecule has 0 saturated carbocycles. The van der Waals surface area contributed by atoms with Gasteiger partial charge in [-0.15, -0.1) is 6.58 Å². The second-order valence-electron chi connectivity index (χ2n) is 3.29. The van der Waals surface area contributed by atoms with Crippen LogP contribution in [0.15, 0.2) is 12.7 Å². The van der Waals surface area contributed by atoms with Crippen molar-refractivity contribution in [3.05, 3.63) is 12.7 Å². The Morgan fingerprint density at radius 3 is 3.00 bits per heavy atom. The van der Waals surface area contributed by atoms with Gasteiger partial charge >= 0.3 is 5.97 Å². The number of carbonyl (C=O) groups is 1. The highest BCUT2D eigenvalue weighted by molar-refractivity contribution is 5.79. The molecule has 1 aliphatic rings. The molecule has 0 aromatic heterocycles. The number of hydrogen-bond donors (Lipinski definition) is 3. The Bertz CT molecular complexity index is 261. The van der Waals surface area contributed by atoms with E-state index in [1.54, 1.807) is 0 Å². The van der Waals surface area contributed by atoms with Crippen LogP contribution in [0.3, 0.4) is 0 Å². The second kappa shape index (κ2) is 5.35. The molecule has 0 aliphatic carbocycles. The lowest BCUT2D eigenvalue weighted by Gasteiger charge is -2.21. The van der Waals surface area contributed by atoms with E-state index in [0.29, 0.717) is 0 Å². The van der Waals surface area contributed by atoms with Crippen molar-refractivity contribution in [3.63, 3.8) is 0 Å². The van der Waals surface area contributed by atoms with Gasteiger partial charge in [-0.2, -0.15) is 5.06 Å². The molecule has 0 bridgehead atoms. The van der Waals surface area contributed by atoms with Crippen molar-refractivity contribution < 1.29 is 9.63 Å². The summed E-state index contributed by atoms with van der Waals surface area (Å²) in [6.45, 7) is 4.52. The monoisotopic (exact) mass is 212 g/mol. The van der Waals surface area contributed by atoms with Gasteiger partial charge in [0.05, 0.1) is 6.54 Å². The molecular weight excluding hydrogens is 196 g/mol. The molecule has 1 heterocycles. The third kappa shape index (κ3) is 3.25. The predicted molar refractivity (Wildman–Crippen MR) is 55.9 cm³/mol. The average molecular weight is 212 g/mol. The topological polar surface area (TPSA) is 91.4 Å². The van der Waals surface area contributed by atoms with E-state index in [1.165, 1.54) is 6.08 Å². The Balaban J connectivity index is 2.45. The van der Waals surface area contributed by atoms with Crippen LogP contribution < -0.4 is 11.1 Å². The van der Waals surface area contributed by atoms with Crippen molar-refractivity contribution in [2.24, 2.45) is 5.73 Å². The number of nitrogens with zero attached hydrogens (tertiary/aromatic N) is 1. The third-order valence-corrected chi connectivity index (χ3v) is 2.11. The smallest absolute Gasteiger partial charge is 0.349 e. The highest BCUT2D eigenvalue weighted by Crippen LogP contribution is 2.07.